The van der Waals surface area contributed by atoms with E-state index in [0.717, 1.165) is 5.76 Å². The Bertz CT molecular complexity index is 1190. The highest BCUT2D eigenvalue weighted by Gasteiger charge is 2.17. The third-order valence-corrected chi connectivity index (χ3v) is 5.64. The van der Waals surface area contributed by atoms with E-state index in [-0.39, 0.29) is 21.2 Å². The third kappa shape index (κ3) is 5.04. The van der Waals surface area contributed by atoms with Crippen molar-refractivity contribution >= 4 is 38.9 Å². The Morgan fingerprint density at radius 3 is 2.52 bits per heavy atom. The first-order valence-corrected chi connectivity index (χ1v) is 10.4. The number of furan rings is 1. The van der Waals surface area contributed by atoms with Crippen molar-refractivity contribution in [3.05, 3.63) is 82.8 Å². The normalized spacial score (nSPS) is 11.9. The molecule has 0 saturated heterocycles. The van der Waals surface area contributed by atoms with Crippen molar-refractivity contribution in [3.63, 3.8) is 0 Å². The fourth-order valence-corrected chi connectivity index (χ4v) is 3.80. The second-order valence-corrected chi connectivity index (χ2v) is 8.25. The number of nitrogens with one attached hydrogen (secondary N) is 2. The molecule has 9 heteroatoms. The van der Waals surface area contributed by atoms with Crippen LogP contribution in [0.5, 0.6) is 0 Å². The first-order chi connectivity index (χ1) is 13.8. The molecule has 150 valence electrons. The topological polar surface area (TPSA) is 101 Å². The van der Waals surface area contributed by atoms with Gasteiger partial charge in [-0.1, -0.05) is 29.8 Å². The molecule has 0 bridgehead atoms. The van der Waals surface area contributed by atoms with Gasteiger partial charge in [0.1, 0.15) is 17.2 Å². The summed E-state index contributed by atoms with van der Waals surface area (Å²) in [5.74, 6) is 0.704. The molecule has 1 aromatic heterocycles. The van der Waals surface area contributed by atoms with E-state index in [1.165, 1.54) is 24.3 Å². The van der Waals surface area contributed by atoms with E-state index < -0.39 is 15.9 Å². The average molecular weight is 432 g/mol. The van der Waals surface area contributed by atoms with Crippen molar-refractivity contribution < 1.29 is 17.6 Å². The molecule has 1 amide bonds. The summed E-state index contributed by atoms with van der Waals surface area (Å²) in [7, 11) is -3.93. The molecule has 0 aliphatic rings. The van der Waals surface area contributed by atoms with Crippen LogP contribution in [0.3, 0.4) is 0 Å². The third-order valence-electron chi connectivity index (χ3n) is 3.95. The van der Waals surface area contributed by atoms with Crippen LogP contribution in [-0.2, 0) is 10.0 Å². The minimum atomic E-state index is -3.93. The first-order valence-electron chi connectivity index (χ1n) is 8.55. The molecule has 2 aromatic carbocycles. The zero-order chi connectivity index (χ0) is 21.0. The standard InChI is InChI=1S/C20H18ClN3O4S/c1-13-10-11-19(28-13)14(2)22-23-20(25)15-6-5-7-16(12-15)29(26,27)24-18-9-4-3-8-17(18)21/h3-12,24H,1-2H3,(H,23,25)/b22-14+. The Hall–Kier alpha value is -3.10. The second kappa shape index (κ2) is 8.50. The second-order valence-electron chi connectivity index (χ2n) is 6.16. The van der Waals surface area contributed by atoms with Gasteiger partial charge in [-0.05, 0) is 56.3 Å². The number of aryl methyl sites for hydroxylation is 1. The van der Waals surface area contributed by atoms with Gasteiger partial charge in [0.05, 0.1) is 15.6 Å². The molecule has 0 unspecified atom stereocenters. The molecule has 3 aromatic rings. The van der Waals surface area contributed by atoms with Gasteiger partial charge in [0.15, 0.2) is 0 Å². The number of nitrogens with zero attached hydrogens (tertiary/aromatic N) is 1. The summed E-state index contributed by atoms with van der Waals surface area (Å²) in [6, 6.07) is 15.6. The summed E-state index contributed by atoms with van der Waals surface area (Å²) >= 11 is 6.01. The average Bonchev–Trinajstić information content (AvgIpc) is 3.14. The summed E-state index contributed by atoms with van der Waals surface area (Å²) in [5.41, 5.74) is 3.26. The van der Waals surface area contributed by atoms with Crippen molar-refractivity contribution in [2.45, 2.75) is 18.7 Å². The van der Waals surface area contributed by atoms with Crippen molar-refractivity contribution in [1.82, 2.24) is 5.43 Å². The van der Waals surface area contributed by atoms with E-state index in [1.54, 1.807) is 50.2 Å². The molecule has 2 N–H and O–H groups in total. The number of benzene rings is 2. The number of hydrogen-bond acceptors (Lipinski definition) is 5. The van der Waals surface area contributed by atoms with Gasteiger partial charge in [0.2, 0.25) is 0 Å². The predicted octanol–water partition coefficient (Wildman–Crippen LogP) is 4.20. The van der Waals surface area contributed by atoms with Crippen LogP contribution in [0.2, 0.25) is 5.02 Å². The number of sulfonamides is 1. The summed E-state index contributed by atoms with van der Waals surface area (Å²) < 4.78 is 33.1. The van der Waals surface area contributed by atoms with Crippen LogP contribution in [0.4, 0.5) is 5.69 Å². The van der Waals surface area contributed by atoms with Crippen molar-refractivity contribution in [1.29, 1.82) is 0 Å². The minimum Gasteiger partial charge on any atom is -0.460 e. The number of halogens is 1. The van der Waals surface area contributed by atoms with E-state index in [0.29, 0.717) is 11.5 Å². The molecule has 0 saturated carbocycles. The zero-order valence-corrected chi connectivity index (χ0v) is 17.2. The molecule has 0 radical (unpaired) electrons. The largest absolute Gasteiger partial charge is 0.460 e. The molecular formula is C20H18ClN3O4S. The van der Waals surface area contributed by atoms with E-state index in [9.17, 15) is 13.2 Å². The lowest BCUT2D eigenvalue weighted by molar-refractivity contribution is 0.0954. The van der Waals surface area contributed by atoms with Crippen molar-refractivity contribution in [2.75, 3.05) is 4.72 Å². The van der Waals surface area contributed by atoms with Gasteiger partial charge in [-0.25, -0.2) is 13.8 Å². The predicted molar refractivity (Wildman–Crippen MR) is 112 cm³/mol. The number of amides is 1. The number of rotatable bonds is 6. The van der Waals surface area contributed by atoms with Gasteiger partial charge in [0, 0.05) is 5.56 Å². The summed E-state index contributed by atoms with van der Waals surface area (Å²) in [5, 5.41) is 4.26. The fourth-order valence-electron chi connectivity index (χ4n) is 2.44. The number of hydrazone groups is 1. The molecule has 29 heavy (non-hydrogen) atoms. The summed E-state index contributed by atoms with van der Waals surface area (Å²) in [6.45, 7) is 3.49. The van der Waals surface area contributed by atoms with Gasteiger partial charge in [0.25, 0.3) is 15.9 Å². The summed E-state index contributed by atoms with van der Waals surface area (Å²) in [4.78, 5) is 12.3. The lowest BCUT2D eigenvalue weighted by Crippen LogP contribution is -2.20. The molecule has 0 atom stereocenters. The lowest BCUT2D eigenvalue weighted by atomic mass is 10.2. The quantitative estimate of drug-likeness (QED) is 0.451. The molecule has 0 spiro atoms. The number of para-hydroxylation sites is 1. The van der Waals surface area contributed by atoms with E-state index in [4.69, 9.17) is 16.0 Å². The Balaban J connectivity index is 1.78. The van der Waals surface area contributed by atoms with Crippen LogP contribution in [0.15, 0.2) is 75.1 Å². The highest BCUT2D eigenvalue weighted by atomic mass is 35.5. The van der Waals surface area contributed by atoms with Crippen LogP contribution in [0, 0.1) is 6.92 Å². The molecule has 0 aliphatic heterocycles. The maximum absolute atomic E-state index is 12.6. The first kappa shape index (κ1) is 20.6. The van der Waals surface area contributed by atoms with E-state index in [1.807, 2.05) is 0 Å². The maximum Gasteiger partial charge on any atom is 0.271 e. The highest BCUT2D eigenvalue weighted by molar-refractivity contribution is 7.92. The zero-order valence-electron chi connectivity index (χ0n) is 15.6. The minimum absolute atomic E-state index is 0.0765. The Kier molecular flexibility index (Phi) is 6.05. The molecule has 1 heterocycles. The van der Waals surface area contributed by atoms with E-state index >= 15 is 0 Å². The molecular weight excluding hydrogens is 414 g/mol. The van der Waals surface area contributed by atoms with Gasteiger partial charge in [-0.2, -0.15) is 5.10 Å². The lowest BCUT2D eigenvalue weighted by Gasteiger charge is -2.10. The number of carbonyl (C=O) groups is 1. The SMILES string of the molecule is C/C(=N\NC(=O)c1cccc(S(=O)(=O)Nc2ccccc2Cl)c1)c1ccc(C)o1. The van der Waals surface area contributed by atoms with E-state index in [2.05, 4.69) is 15.2 Å². The maximum atomic E-state index is 12.6. The monoisotopic (exact) mass is 431 g/mol. The van der Waals surface area contributed by atoms with Crippen LogP contribution < -0.4 is 10.1 Å². The van der Waals surface area contributed by atoms with Crippen LogP contribution in [0.1, 0.15) is 28.8 Å². The van der Waals surface area contributed by atoms with Gasteiger partial charge in [-0.15, -0.1) is 0 Å². The molecule has 7 nitrogen and oxygen atoms in total. The number of hydrogen-bond donors (Lipinski definition) is 2. The van der Waals surface area contributed by atoms with Gasteiger partial charge < -0.3 is 4.42 Å². The Morgan fingerprint density at radius 1 is 1.07 bits per heavy atom. The molecule has 0 fully saturated rings. The van der Waals surface area contributed by atoms with Crippen molar-refractivity contribution in [2.24, 2.45) is 5.10 Å². The number of carbonyl (C=O) groups excluding carboxylic acids is 1. The molecule has 0 aliphatic carbocycles. The van der Waals surface area contributed by atoms with Crippen LogP contribution in [-0.4, -0.2) is 20.0 Å². The Labute approximate surface area is 173 Å². The number of anilines is 1. The van der Waals surface area contributed by atoms with Crippen molar-refractivity contribution in [3.8, 4) is 0 Å². The Morgan fingerprint density at radius 2 is 1.83 bits per heavy atom. The molecule has 3 rings (SSSR count). The highest BCUT2D eigenvalue weighted by Crippen LogP contribution is 2.24. The fraction of sp³-hybridized carbons (Fsp3) is 0.100. The smallest absolute Gasteiger partial charge is 0.271 e. The van der Waals surface area contributed by atoms with Crippen LogP contribution in [0.25, 0.3) is 0 Å². The van der Waals surface area contributed by atoms with Crippen LogP contribution >= 0.6 is 11.6 Å². The summed E-state index contributed by atoms with van der Waals surface area (Å²) in [6.07, 6.45) is 0. The van der Waals surface area contributed by atoms with Gasteiger partial charge in [-0.3, -0.25) is 9.52 Å². The van der Waals surface area contributed by atoms with Gasteiger partial charge >= 0.3 is 0 Å².